The lowest BCUT2D eigenvalue weighted by atomic mass is 10.1. The maximum Gasteiger partial charge on any atom is 0.411 e. The summed E-state index contributed by atoms with van der Waals surface area (Å²) < 4.78 is 0. The molecular weight excluding hydrogens is 352 g/mol. The molecule has 0 aliphatic heterocycles. The number of aryl methyl sites for hydroxylation is 2. The van der Waals surface area contributed by atoms with Crippen LogP contribution in [-0.2, 0) is 0 Å². The van der Waals surface area contributed by atoms with E-state index in [4.69, 9.17) is 0 Å². The second kappa shape index (κ2) is 8.17. The van der Waals surface area contributed by atoms with Gasteiger partial charge in [0.15, 0.2) is 0 Å². The van der Waals surface area contributed by atoms with Gasteiger partial charge in [0.1, 0.15) is 0 Å². The van der Waals surface area contributed by atoms with E-state index in [1.165, 1.54) is 6.07 Å². The standard InChI is InChI=1S/C18H20N4O5/c1-4-21(18(24)25)14-8-6-11(2)15(10-14)20-17(23)19-13-7-5-12(3)16(9-13)22(26)27/h5-10H,4H2,1-3H3,(H,24,25)(H2,19,20,23). The van der Waals surface area contributed by atoms with Gasteiger partial charge in [0.25, 0.3) is 5.69 Å². The van der Waals surface area contributed by atoms with Gasteiger partial charge in [0, 0.05) is 35.2 Å². The summed E-state index contributed by atoms with van der Waals surface area (Å²) in [6.07, 6.45) is -1.09. The highest BCUT2D eigenvalue weighted by molar-refractivity contribution is 6.01. The van der Waals surface area contributed by atoms with Crippen LogP contribution in [0.2, 0.25) is 0 Å². The van der Waals surface area contributed by atoms with Crippen molar-refractivity contribution in [2.24, 2.45) is 0 Å². The molecule has 0 unspecified atom stereocenters. The first-order valence-corrected chi connectivity index (χ1v) is 8.17. The predicted molar refractivity (Wildman–Crippen MR) is 103 cm³/mol. The van der Waals surface area contributed by atoms with Crippen molar-refractivity contribution in [1.82, 2.24) is 0 Å². The SMILES string of the molecule is CCN(C(=O)O)c1ccc(C)c(NC(=O)Nc2ccc(C)c([N+](=O)[O-])c2)c1. The van der Waals surface area contributed by atoms with Crippen LogP contribution in [0.3, 0.4) is 0 Å². The smallest absolute Gasteiger partial charge is 0.411 e. The number of rotatable bonds is 5. The highest BCUT2D eigenvalue weighted by Crippen LogP contribution is 2.25. The van der Waals surface area contributed by atoms with E-state index in [0.717, 1.165) is 10.5 Å². The minimum Gasteiger partial charge on any atom is -0.465 e. The van der Waals surface area contributed by atoms with Crippen LogP contribution in [0, 0.1) is 24.0 Å². The number of hydrogen-bond acceptors (Lipinski definition) is 4. The molecule has 0 saturated heterocycles. The van der Waals surface area contributed by atoms with Gasteiger partial charge in [-0.1, -0.05) is 12.1 Å². The molecule has 0 fully saturated rings. The van der Waals surface area contributed by atoms with Gasteiger partial charge in [0.05, 0.1) is 4.92 Å². The van der Waals surface area contributed by atoms with Crippen molar-refractivity contribution >= 4 is 34.9 Å². The third-order valence-electron chi connectivity index (χ3n) is 3.99. The average Bonchev–Trinajstić information content (AvgIpc) is 2.59. The number of anilines is 3. The molecule has 9 nitrogen and oxygen atoms in total. The largest absolute Gasteiger partial charge is 0.465 e. The van der Waals surface area contributed by atoms with Gasteiger partial charge >= 0.3 is 12.1 Å². The van der Waals surface area contributed by atoms with E-state index in [1.54, 1.807) is 51.1 Å². The molecule has 0 saturated carbocycles. The molecule has 3 N–H and O–H groups in total. The van der Waals surface area contributed by atoms with Gasteiger partial charge in [-0.15, -0.1) is 0 Å². The highest BCUT2D eigenvalue weighted by Gasteiger charge is 2.15. The molecule has 0 aliphatic carbocycles. The number of hydrogen-bond donors (Lipinski definition) is 3. The topological polar surface area (TPSA) is 125 Å². The summed E-state index contributed by atoms with van der Waals surface area (Å²) in [6.45, 7) is 5.35. The zero-order chi connectivity index (χ0) is 20.1. The Morgan fingerprint density at radius 3 is 2.37 bits per heavy atom. The van der Waals surface area contributed by atoms with E-state index in [0.29, 0.717) is 16.9 Å². The maximum atomic E-state index is 12.3. The van der Waals surface area contributed by atoms with Crippen LogP contribution in [0.5, 0.6) is 0 Å². The van der Waals surface area contributed by atoms with Gasteiger partial charge in [0.2, 0.25) is 0 Å². The van der Waals surface area contributed by atoms with Crippen molar-refractivity contribution in [3.05, 3.63) is 57.6 Å². The molecule has 0 radical (unpaired) electrons. The summed E-state index contributed by atoms with van der Waals surface area (Å²) in [4.78, 5) is 35.2. The van der Waals surface area contributed by atoms with Crippen molar-refractivity contribution < 1.29 is 19.6 Å². The van der Waals surface area contributed by atoms with Gasteiger partial charge in [-0.05, 0) is 44.5 Å². The number of carboxylic acid groups (broad SMARTS) is 1. The minimum absolute atomic E-state index is 0.0916. The number of amides is 3. The van der Waals surface area contributed by atoms with Crippen molar-refractivity contribution in [2.75, 3.05) is 22.1 Å². The molecule has 3 amide bonds. The third-order valence-corrected chi connectivity index (χ3v) is 3.99. The highest BCUT2D eigenvalue weighted by atomic mass is 16.6. The van der Waals surface area contributed by atoms with Crippen molar-refractivity contribution in [1.29, 1.82) is 0 Å². The molecule has 0 aliphatic rings. The van der Waals surface area contributed by atoms with Crippen molar-refractivity contribution in [2.45, 2.75) is 20.8 Å². The van der Waals surface area contributed by atoms with Crippen molar-refractivity contribution in [3.8, 4) is 0 Å². The fourth-order valence-electron chi connectivity index (χ4n) is 2.51. The number of nitrogens with one attached hydrogen (secondary N) is 2. The lowest BCUT2D eigenvalue weighted by Crippen LogP contribution is -2.29. The average molecular weight is 372 g/mol. The zero-order valence-electron chi connectivity index (χ0n) is 15.1. The summed E-state index contributed by atoms with van der Waals surface area (Å²) in [5, 5.41) is 25.4. The third kappa shape index (κ3) is 4.72. The summed E-state index contributed by atoms with van der Waals surface area (Å²) in [7, 11) is 0. The molecule has 27 heavy (non-hydrogen) atoms. The second-order valence-corrected chi connectivity index (χ2v) is 5.86. The van der Waals surface area contributed by atoms with Crippen LogP contribution in [-0.4, -0.2) is 28.7 Å². The fraction of sp³-hybridized carbons (Fsp3) is 0.222. The molecule has 0 bridgehead atoms. The lowest BCUT2D eigenvalue weighted by molar-refractivity contribution is -0.385. The molecule has 0 heterocycles. The first kappa shape index (κ1) is 19.7. The van der Waals surface area contributed by atoms with Crippen LogP contribution < -0.4 is 15.5 Å². The molecule has 0 aromatic heterocycles. The van der Waals surface area contributed by atoms with Gasteiger partial charge in [-0.25, -0.2) is 9.59 Å². The minimum atomic E-state index is -1.09. The van der Waals surface area contributed by atoms with E-state index in [1.807, 2.05) is 0 Å². The van der Waals surface area contributed by atoms with Crippen LogP contribution in [0.4, 0.5) is 32.3 Å². The number of nitrogens with zero attached hydrogens (tertiary/aromatic N) is 2. The molecule has 142 valence electrons. The number of nitro groups is 1. The van der Waals surface area contributed by atoms with Crippen LogP contribution >= 0.6 is 0 Å². The molecule has 2 aromatic rings. The second-order valence-electron chi connectivity index (χ2n) is 5.86. The van der Waals surface area contributed by atoms with Gasteiger partial charge in [-0.3, -0.25) is 15.0 Å². The summed E-state index contributed by atoms with van der Waals surface area (Å²) in [5.41, 5.74) is 2.28. The van der Waals surface area contributed by atoms with E-state index < -0.39 is 17.0 Å². The Bertz CT molecular complexity index is 897. The molecule has 9 heteroatoms. The number of urea groups is 1. The Kier molecular flexibility index (Phi) is 5.96. The van der Waals surface area contributed by atoms with E-state index >= 15 is 0 Å². The molecule has 0 spiro atoms. The Morgan fingerprint density at radius 2 is 1.78 bits per heavy atom. The maximum absolute atomic E-state index is 12.3. The quantitative estimate of drug-likeness (QED) is 0.531. The zero-order valence-corrected chi connectivity index (χ0v) is 15.1. The van der Waals surface area contributed by atoms with Gasteiger partial charge < -0.3 is 15.7 Å². The van der Waals surface area contributed by atoms with E-state index in [-0.39, 0.29) is 17.9 Å². The van der Waals surface area contributed by atoms with Crippen LogP contribution in [0.15, 0.2) is 36.4 Å². The lowest BCUT2D eigenvalue weighted by Gasteiger charge is -2.19. The van der Waals surface area contributed by atoms with Gasteiger partial charge in [-0.2, -0.15) is 0 Å². The molecule has 2 aromatic carbocycles. The first-order valence-electron chi connectivity index (χ1n) is 8.17. The molecular formula is C18H20N4O5. The van der Waals surface area contributed by atoms with Crippen molar-refractivity contribution in [3.63, 3.8) is 0 Å². The molecule has 2 rings (SSSR count). The Labute approximate surface area is 155 Å². The summed E-state index contributed by atoms with van der Waals surface area (Å²) in [5.74, 6) is 0. The predicted octanol–water partition coefficient (Wildman–Crippen LogP) is 4.36. The summed E-state index contributed by atoms with van der Waals surface area (Å²) in [6, 6.07) is 8.71. The normalized spacial score (nSPS) is 10.2. The Morgan fingerprint density at radius 1 is 1.11 bits per heavy atom. The summed E-state index contributed by atoms with van der Waals surface area (Å²) >= 11 is 0. The number of carbonyl (C=O) groups is 2. The van der Waals surface area contributed by atoms with Crippen LogP contribution in [0.1, 0.15) is 18.1 Å². The molecule has 0 atom stereocenters. The number of benzene rings is 2. The van der Waals surface area contributed by atoms with E-state index in [9.17, 15) is 24.8 Å². The Hall–Kier alpha value is -3.62. The monoisotopic (exact) mass is 372 g/mol. The first-order chi connectivity index (χ1) is 12.7. The van der Waals surface area contributed by atoms with E-state index in [2.05, 4.69) is 10.6 Å². The number of nitro benzene ring substituents is 1. The van der Waals surface area contributed by atoms with Crippen LogP contribution in [0.25, 0.3) is 0 Å². The fourth-order valence-corrected chi connectivity index (χ4v) is 2.51. The number of carbonyl (C=O) groups excluding carboxylic acids is 1. The Balaban J connectivity index is 2.19.